The smallest absolute Gasteiger partial charge is 0.165 e. The van der Waals surface area contributed by atoms with Crippen LogP contribution in [0.3, 0.4) is 0 Å². The Bertz CT molecular complexity index is 497. The maximum Gasteiger partial charge on any atom is 0.165 e. The van der Waals surface area contributed by atoms with Crippen molar-refractivity contribution in [2.45, 2.75) is 57.2 Å². The van der Waals surface area contributed by atoms with Gasteiger partial charge in [0.2, 0.25) is 0 Å². The van der Waals surface area contributed by atoms with Crippen LogP contribution in [0.25, 0.3) is 0 Å². The van der Waals surface area contributed by atoms with Crippen molar-refractivity contribution >= 4 is 0 Å². The largest absolute Gasteiger partial charge is 0.487 e. The number of ether oxygens (including phenoxy) is 1. The first-order valence-corrected chi connectivity index (χ1v) is 7.15. The van der Waals surface area contributed by atoms with E-state index in [0.717, 1.165) is 19.3 Å². The lowest BCUT2D eigenvalue weighted by atomic mass is 9.80. The number of halogens is 1. The molecule has 1 saturated carbocycles. The normalized spacial score (nSPS) is 26.2. The van der Waals surface area contributed by atoms with Gasteiger partial charge < -0.3 is 4.74 Å². The molecule has 1 aliphatic carbocycles. The summed E-state index contributed by atoms with van der Waals surface area (Å²) in [6, 6.07) is 9.05. The van der Waals surface area contributed by atoms with Gasteiger partial charge in [-0.3, -0.25) is 5.32 Å². The van der Waals surface area contributed by atoms with Gasteiger partial charge in [0.15, 0.2) is 11.6 Å². The molecule has 2 atom stereocenters. The minimum Gasteiger partial charge on any atom is -0.487 e. The monoisotopic (exact) mass is 276 g/mol. The molecule has 20 heavy (non-hydrogen) atoms. The summed E-state index contributed by atoms with van der Waals surface area (Å²) in [5, 5.41) is 12.8. The Morgan fingerprint density at radius 1 is 1.45 bits per heavy atom. The lowest BCUT2D eigenvalue weighted by Gasteiger charge is -2.37. The number of rotatable bonds is 4. The Morgan fingerprint density at radius 2 is 2.20 bits per heavy atom. The van der Waals surface area contributed by atoms with Crippen molar-refractivity contribution in [3.63, 3.8) is 0 Å². The number of hydrogen-bond acceptors (Lipinski definition) is 3. The minimum atomic E-state index is -0.553. The summed E-state index contributed by atoms with van der Waals surface area (Å²) in [6.07, 6.45) is 3.06. The number of nitrogens with zero attached hydrogens (tertiary/aromatic N) is 1. The number of benzene rings is 1. The fourth-order valence-corrected chi connectivity index (χ4v) is 2.86. The van der Waals surface area contributed by atoms with Crippen molar-refractivity contribution in [1.29, 1.82) is 5.26 Å². The first-order chi connectivity index (χ1) is 9.54. The number of nitrogens with one attached hydrogen (secondary N) is 1. The molecule has 1 aliphatic rings. The zero-order valence-electron chi connectivity index (χ0n) is 12.0. The Morgan fingerprint density at radius 3 is 2.85 bits per heavy atom. The summed E-state index contributed by atoms with van der Waals surface area (Å²) in [5.41, 5.74) is -0.553. The summed E-state index contributed by atoms with van der Waals surface area (Å²) in [4.78, 5) is 0. The van der Waals surface area contributed by atoms with Crippen molar-refractivity contribution < 1.29 is 9.13 Å². The van der Waals surface area contributed by atoms with E-state index in [0.29, 0.717) is 6.42 Å². The molecule has 2 unspecified atom stereocenters. The zero-order valence-corrected chi connectivity index (χ0v) is 12.0. The molecule has 2 rings (SSSR count). The molecule has 4 heteroatoms. The maximum absolute atomic E-state index is 13.6. The molecule has 0 bridgehead atoms. The van der Waals surface area contributed by atoms with Crippen LogP contribution in [-0.4, -0.2) is 17.7 Å². The van der Waals surface area contributed by atoms with Gasteiger partial charge in [-0.05, 0) is 45.2 Å². The van der Waals surface area contributed by atoms with E-state index < -0.39 is 5.54 Å². The van der Waals surface area contributed by atoms with E-state index in [-0.39, 0.29) is 23.7 Å². The molecular weight excluding hydrogens is 255 g/mol. The second kappa shape index (κ2) is 6.23. The van der Waals surface area contributed by atoms with Crippen LogP contribution in [0.4, 0.5) is 4.39 Å². The SMILES string of the molecule is CC(C)NC1(C#N)CCCC(Oc2ccccc2F)C1. The van der Waals surface area contributed by atoms with Crippen molar-refractivity contribution in [2.24, 2.45) is 0 Å². The molecule has 0 spiro atoms. The van der Waals surface area contributed by atoms with Gasteiger partial charge >= 0.3 is 0 Å². The fraction of sp³-hybridized carbons (Fsp3) is 0.562. The van der Waals surface area contributed by atoms with E-state index in [4.69, 9.17) is 4.74 Å². The third-order valence-electron chi connectivity index (χ3n) is 3.62. The molecule has 0 heterocycles. The van der Waals surface area contributed by atoms with Crippen molar-refractivity contribution in [3.05, 3.63) is 30.1 Å². The summed E-state index contributed by atoms with van der Waals surface area (Å²) >= 11 is 0. The Labute approximate surface area is 119 Å². The molecular formula is C16H21FN2O. The van der Waals surface area contributed by atoms with E-state index in [1.165, 1.54) is 6.07 Å². The highest BCUT2D eigenvalue weighted by atomic mass is 19.1. The predicted octanol–water partition coefficient (Wildman–Crippen LogP) is 3.41. The summed E-state index contributed by atoms with van der Waals surface area (Å²) < 4.78 is 19.4. The van der Waals surface area contributed by atoms with Gasteiger partial charge in [-0.15, -0.1) is 0 Å². The van der Waals surface area contributed by atoms with Crippen LogP contribution in [0.5, 0.6) is 5.75 Å². The highest BCUT2D eigenvalue weighted by Crippen LogP contribution is 2.31. The van der Waals surface area contributed by atoms with Gasteiger partial charge in [0.1, 0.15) is 11.6 Å². The van der Waals surface area contributed by atoms with Gasteiger partial charge in [-0.25, -0.2) is 4.39 Å². The van der Waals surface area contributed by atoms with E-state index >= 15 is 0 Å². The quantitative estimate of drug-likeness (QED) is 0.916. The Kier molecular flexibility index (Phi) is 4.61. The lowest BCUT2D eigenvalue weighted by Crippen LogP contribution is -2.52. The first kappa shape index (κ1) is 14.8. The maximum atomic E-state index is 13.6. The molecule has 0 aliphatic heterocycles. The molecule has 1 N–H and O–H groups in total. The highest BCUT2D eigenvalue weighted by molar-refractivity contribution is 5.24. The Hall–Kier alpha value is -1.60. The van der Waals surface area contributed by atoms with Crippen LogP contribution in [0.1, 0.15) is 39.5 Å². The van der Waals surface area contributed by atoms with Gasteiger partial charge in [0.25, 0.3) is 0 Å². The van der Waals surface area contributed by atoms with Crippen molar-refractivity contribution in [3.8, 4) is 11.8 Å². The lowest BCUT2D eigenvalue weighted by molar-refractivity contribution is 0.105. The van der Waals surface area contributed by atoms with Crippen LogP contribution in [0.15, 0.2) is 24.3 Å². The molecule has 1 aromatic carbocycles. The second-order valence-corrected chi connectivity index (χ2v) is 5.76. The van der Waals surface area contributed by atoms with E-state index in [2.05, 4.69) is 11.4 Å². The van der Waals surface area contributed by atoms with E-state index in [1.807, 2.05) is 13.8 Å². The van der Waals surface area contributed by atoms with Gasteiger partial charge in [0, 0.05) is 12.5 Å². The zero-order chi connectivity index (χ0) is 14.6. The second-order valence-electron chi connectivity index (χ2n) is 5.76. The first-order valence-electron chi connectivity index (χ1n) is 7.15. The van der Waals surface area contributed by atoms with Crippen LogP contribution in [-0.2, 0) is 0 Å². The highest BCUT2D eigenvalue weighted by Gasteiger charge is 2.38. The van der Waals surface area contributed by atoms with Gasteiger partial charge in [-0.2, -0.15) is 5.26 Å². The number of nitriles is 1. The number of para-hydroxylation sites is 1. The molecule has 0 saturated heterocycles. The van der Waals surface area contributed by atoms with Crippen LogP contribution >= 0.6 is 0 Å². The predicted molar refractivity (Wildman–Crippen MR) is 75.9 cm³/mol. The third kappa shape index (κ3) is 3.49. The molecule has 0 radical (unpaired) electrons. The molecule has 1 fully saturated rings. The van der Waals surface area contributed by atoms with E-state index in [9.17, 15) is 9.65 Å². The third-order valence-corrected chi connectivity index (χ3v) is 3.62. The molecule has 0 amide bonds. The molecule has 108 valence electrons. The van der Waals surface area contributed by atoms with Crippen molar-refractivity contribution in [2.75, 3.05) is 0 Å². The fourth-order valence-electron chi connectivity index (χ4n) is 2.86. The Balaban J connectivity index is 2.07. The molecule has 1 aromatic rings. The van der Waals surface area contributed by atoms with Crippen LogP contribution in [0.2, 0.25) is 0 Å². The summed E-state index contributed by atoms with van der Waals surface area (Å²) in [6.45, 7) is 4.06. The summed E-state index contributed by atoms with van der Waals surface area (Å²) in [7, 11) is 0. The average Bonchev–Trinajstić information content (AvgIpc) is 2.41. The summed E-state index contributed by atoms with van der Waals surface area (Å²) in [5.74, 6) is -0.0757. The van der Waals surface area contributed by atoms with E-state index in [1.54, 1.807) is 18.2 Å². The van der Waals surface area contributed by atoms with Crippen LogP contribution < -0.4 is 10.1 Å². The van der Waals surface area contributed by atoms with Gasteiger partial charge in [0.05, 0.1) is 6.07 Å². The topological polar surface area (TPSA) is 45.0 Å². The standard InChI is InChI=1S/C16H21FN2O/c1-12(2)19-16(11-18)9-5-6-13(10-16)20-15-8-4-3-7-14(15)17/h3-4,7-8,12-13,19H,5-6,9-10H2,1-2H3. The average molecular weight is 276 g/mol. The van der Waals surface area contributed by atoms with Gasteiger partial charge in [-0.1, -0.05) is 12.1 Å². The molecule has 0 aromatic heterocycles. The van der Waals surface area contributed by atoms with Crippen molar-refractivity contribution in [1.82, 2.24) is 5.32 Å². The minimum absolute atomic E-state index is 0.119. The number of hydrogen-bond donors (Lipinski definition) is 1. The van der Waals surface area contributed by atoms with Crippen LogP contribution in [0, 0.1) is 17.1 Å². The molecule has 3 nitrogen and oxygen atoms in total.